The molecule has 3 rings (SSSR count). The van der Waals surface area contributed by atoms with Gasteiger partial charge in [-0.15, -0.1) is 0 Å². The Labute approximate surface area is 159 Å². The molecule has 2 aromatic rings. The molecule has 0 saturated carbocycles. The molecule has 0 aliphatic carbocycles. The molecule has 1 aliphatic rings. The zero-order valence-corrected chi connectivity index (χ0v) is 16.1. The second kappa shape index (κ2) is 8.20. The predicted molar refractivity (Wildman–Crippen MR) is 102 cm³/mol. The highest BCUT2D eigenvalue weighted by Gasteiger charge is 2.24. The van der Waals surface area contributed by atoms with E-state index in [1.165, 1.54) is 0 Å². The van der Waals surface area contributed by atoms with E-state index >= 15 is 0 Å². The van der Waals surface area contributed by atoms with E-state index in [2.05, 4.69) is 5.32 Å². The first-order valence-corrected chi connectivity index (χ1v) is 8.86. The van der Waals surface area contributed by atoms with Gasteiger partial charge in [0.05, 0.1) is 28.4 Å². The van der Waals surface area contributed by atoms with Gasteiger partial charge in [-0.25, -0.2) is 0 Å². The van der Waals surface area contributed by atoms with E-state index in [0.29, 0.717) is 35.0 Å². The van der Waals surface area contributed by atoms with Gasteiger partial charge < -0.3 is 24.3 Å². The van der Waals surface area contributed by atoms with Crippen LogP contribution in [0.4, 0.5) is 0 Å². The topological polar surface area (TPSA) is 66.0 Å². The molecular formula is C21H25NO5. The summed E-state index contributed by atoms with van der Waals surface area (Å²) in [6.45, 7) is 0. The fraction of sp³-hybridized carbons (Fsp3) is 0.381. The Kier molecular flexibility index (Phi) is 5.74. The maximum atomic E-state index is 12.7. The second-order valence-electron chi connectivity index (χ2n) is 6.47. The smallest absolute Gasteiger partial charge is 0.251 e. The summed E-state index contributed by atoms with van der Waals surface area (Å²) < 4.78 is 21.4. The minimum atomic E-state index is -0.0890. The Balaban J connectivity index is 1.80. The molecule has 0 bridgehead atoms. The molecule has 27 heavy (non-hydrogen) atoms. The van der Waals surface area contributed by atoms with Crippen LogP contribution in [-0.2, 0) is 12.8 Å². The van der Waals surface area contributed by atoms with Crippen molar-refractivity contribution >= 4 is 5.91 Å². The first-order valence-electron chi connectivity index (χ1n) is 8.86. The van der Waals surface area contributed by atoms with E-state index in [4.69, 9.17) is 18.9 Å². The lowest BCUT2D eigenvalue weighted by Gasteiger charge is -2.17. The van der Waals surface area contributed by atoms with Crippen LogP contribution in [0, 0.1) is 0 Å². The summed E-state index contributed by atoms with van der Waals surface area (Å²) in [5.74, 6) is 2.49. The lowest BCUT2D eigenvalue weighted by molar-refractivity contribution is 0.0939. The fourth-order valence-electron chi connectivity index (χ4n) is 3.45. The maximum absolute atomic E-state index is 12.7. The van der Waals surface area contributed by atoms with Crippen LogP contribution in [0.1, 0.15) is 27.9 Å². The number of aryl methyl sites for hydroxylation is 1. The van der Waals surface area contributed by atoms with Crippen molar-refractivity contribution in [2.24, 2.45) is 0 Å². The highest BCUT2D eigenvalue weighted by Crippen LogP contribution is 2.33. The highest BCUT2D eigenvalue weighted by atomic mass is 16.5. The van der Waals surface area contributed by atoms with Crippen molar-refractivity contribution in [2.45, 2.75) is 25.3 Å². The number of amides is 1. The molecule has 1 aliphatic heterocycles. The summed E-state index contributed by atoms with van der Waals surface area (Å²) >= 11 is 0. The Morgan fingerprint density at radius 3 is 2.19 bits per heavy atom. The molecule has 0 aromatic heterocycles. The number of carbonyl (C=O) groups excluding carboxylic acids is 1. The Hall–Kier alpha value is -2.89. The van der Waals surface area contributed by atoms with Gasteiger partial charge >= 0.3 is 0 Å². The SMILES string of the molecule is COc1ccc(CC2CCc3cc(OC)c(OC)cc3C(=O)N2)cc1OC. The van der Waals surface area contributed by atoms with Gasteiger partial charge in [0.15, 0.2) is 23.0 Å². The fourth-order valence-corrected chi connectivity index (χ4v) is 3.45. The minimum absolute atomic E-state index is 0.0278. The number of rotatable bonds is 6. The van der Waals surface area contributed by atoms with Gasteiger partial charge in [-0.3, -0.25) is 4.79 Å². The quantitative estimate of drug-likeness (QED) is 0.846. The molecule has 1 unspecified atom stereocenters. The average Bonchev–Trinajstić information content (AvgIpc) is 2.85. The van der Waals surface area contributed by atoms with Crippen molar-refractivity contribution in [1.82, 2.24) is 5.32 Å². The summed E-state index contributed by atoms with van der Waals surface area (Å²) in [5.41, 5.74) is 2.70. The third-order valence-corrected chi connectivity index (χ3v) is 4.88. The monoisotopic (exact) mass is 371 g/mol. The van der Waals surface area contributed by atoms with Crippen LogP contribution >= 0.6 is 0 Å². The van der Waals surface area contributed by atoms with Gasteiger partial charge in [0.2, 0.25) is 0 Å². The molecule has 0 spiro atoms. The molecule has 1 atom stereocenters. The van der Waals surface area contributed by atoms with E-state index in [-0.39, 0.29) is 11.9 Å². The van der Waals surface area contributed by atoms with E-state index in [1.54, 1.807) is 34.5 Å². The van der Waals surface area contributed by atoms with Crippen LogP contribution in [0.2, 0.25) is 0 Å². The van der Waals surface area contributed by atoms with Gasteiger partial charge in [-0.1, -0.05) is 6.07 Å². The summed E-state index contributed by atoms with van der Waals surface area (Å²) in [4.78, 5) is 12.7. The number of ether oxygens (including phenoxy) is 4. The van der Waals surface area contributed by atoms with Gasteiger partial charge in [-0.05, 0) is 54.7 Å². The lowest BCUT2D eigenvalue weighted by Crippen LogP contribution is -2.35. The van der Waals surface area contributed by atoms with E-state index in [1.807, 2.05) is 24.3 Å². The zero-order chi connectivity index (χ0) is 19.4. The molecule has 144 valence electrons. The van der Waals surface area contributed by atoms with Crippen LogP contribution in [-0.4, -0.2) is 40.4 Å². The van der Waals surface area contributed by atoms with Gasteiger partial charge in [-0.2, -0.15) is 0 Å². The number of nitrogens with one attached hydrogen (secondary N) is 1. The van der Waals surface area contributed by atoms with Crippen molar-refractivity contribution in [2.75, 3.05) is 28.4 Å². The van der Waals surface area contributed by atoms with Crippen molar-refractivity contribution in [3.63, 3.8) is 0 Å². The molecule has 1 N–H and O–H groups in total. The third-order valence-electron chi connectivity index (χ3n) is 4.88. The molecule has 1 heterocycles. The van der Waals surface area contributed by atoms with Crippen LogP contribution < -0.4 is 24.3 Å². The van der Waals surface area contributed by atoms with E-state index in [9.17, 15) is 4.79 Å². The molecule has 2 aromatic carbocycles. The first kappa shape index (κ1) is 18.9. The van der Waals surface area contributed by atoms with Crippen molar-refractivity contribution in [3.05, 3.63) is 47.0 Å². The molecule has 1 amide bonds. The van der Waals surface area contributed by atoms with E-state index in [0.717, 1.165) is 24.0 Å². The minimum Gasteiger partial charge on any atom is -0.493 e. The van der Waals surface area contributed by atoms with Gasteiger partial charge in [0.1, 0.15) is 0 Å². The van der Waals surface area contributed by atoms with Crippen LogP contribution in [0.15, 0.2) is 30.3 Å². The Bertz CT molecular complexity index is 834. The first-order chi connectivity index (χ1) is 13.1. The Morgan fingerprint density at radius 1 is 0.889 bits per heavy atom. The van der Waals surface area contributed by atoms with Crippen LogP contribution in [0.3, 0.4) is 0 Å². The van der Waals surface area contributed by atoms with Crippen molar-refractivity contribution < 1.29 is 23.7 Å². The molecular weight excluding hydrogens is 346 g/mol. The number of benzene rings is 2. The highest BCUT2D eigenvalue weighted by molar-refractivity contribution is 5.97. The zero-order valence-electron chi connectivity index (χ0n) is 16.1. The van der Waals surface area contributed by atoms with Crippen LogP contribution in [0.25, 0.3) is 0 Å². The third kappa shape index (κ3) is 3.94. The standard InChI is InChI=1S/C21H25NO5/c1-24-17-8-5-13(10-18(17)25-2)9-15-7-6-14-11-19(26-3)20(27-4)12-16(14)21(23)22-15/h5,8,10-12,15H,6-7,9H2,1-4H3,(H,22,23). The van der Waals surface area contributed by atoms with Crippen molar-refractivity contribution in [3.8, 4) is 23.0 Å². The molecule has 0 fully saturated rings. The average molecular weight is 371 g/mol. The van der Waals surface area contributed by atoms with Crippen molar-refractivity contribution in [1.29, 1.82) is 0 Å². The maximum Gasteiger partial charge on any atom is 0.251 e. The molecule has 0 saturated heterocycles. The predicted octanol–water partition coefficient (Wildman–Crippen LogP) is 3.01. The molecule has 6 nitrogen and oxygen atoms in total. The number of methoxy groups -OCH3 is 4. The summed E-state index contributed by atoms with van der Waals surface area (Å²) in [6.07, 6.45) is 2.34. The van der Waals surface area contributed by atoms with Gasteiger partial charge in [0, 0.05) is 11.6 Å². The molecule has 0 radical (unpaired) electrons. The lowest BCUT2D eigenvalue weighted by atomic mass is 9.98. The molecule has 6 heteroatoms. The van der Waals surface area contributed by atoms with Crippen LogP contribution in [0.5, 0.6) is 23.0 Å². The van der Waals surface area contributed by atoms with Gasteiger partial charge in [0.25, 0.3) is 5.91 Å². The summed E-state index contributed by atoms with van der Waals surface area (Å²) in [7, 11) is 6.40. The normalized spacial score (nSPS) is 16.0. The summed E-state index contributed by atoms with van der Waals surface area (Å²) in [5, 5.41) is 3.13. The largest absolute Gasteiger partial charge is 0.493 e. The number of fused-ring (bicyclic) bond motifs is 1. The second-order valence-corrected chi connectivity index (χ2v) is 6.47. The Morgan fingerprint density at radius 2 is 1.52 bits per heavy atom. The number of hydrogen-bond acceptors (Lipinski definition) is 5. The number of carbonyl (C=O) groups is 1. The van der Waals surface area contributed by atoms with E-state index < -0.39 is 0 Å². The summed E-state index contributed by atoms with van der Waals surface area (Å²) in [6, 6.07) is 9.51. The number of hydrogen-bond donors (Lipinski definition) is 1.